The third-order valence-electron chi connectivity index (χ3n) is 4.94. The van der Waals surface area contributed by atoms with Crippen molar-refractivity contribution in [3.8, 4) is 5.75 Å². The first kappa shape index (κ1) is 19.0. The molecular formula is C20H31N3O3. The van der Waals surface area contributed by atoms with E-state index in [1.165, 1.54) is 31.5 Å². The molecule has 1 fully saturated rings. The summed E-state index contributed by atoms with van der Waals surface area (Å²) in [5.74, 6) is 0.904. The molecule has 6 heteroatoms. The molecule has 0 spiro atoms. The molecule has 3 rings (SSSR count). The van der Waals surface area contributed by atoms with Crippen LogP contribution in [0.15, 0.2) is 18.2 Å². The standard InChI is InChI=1S/C20H31N3O3/c1-2-25-12-5-8-21-20(24)23-11-13-26-19-7-6-17(14-18(19)16-23)15-22-9-3-4-10-22/h6-7,14H,2-5,8-13,15-16H2,1H3,(H,21,24). The number of nitrogens with zero attached hydrogens (tertiary/aromatic N) is 2. The molecule has 2 aliphatic rings. The fourth-order valence-corrected chi connectivity index (χ4v) is 3.54. The van der Waals surface area contributed by atoms with E-state index in [4.69, 9.17) is 9.47 Å². The van der Waals surface area contributed by atoms with Gasteiger partial charge in [0.25, 0.3) is 0 Å². The van der Waals surface area contributed by atoms with E-state index in [2.05, 4.69) is 28.4 Å². The quantitative estimate of drug-likeness (QED) is 0.759. The average molecular weight is 361 g/mol. The number of amides is 2. The van der Waals surface area contributed by atoms with Gasteiger partial charge in [0.15, 0.2) is 0 Å². The van der Waals surface area contributed by atoms with Crippen molar-refractivity contribution in [3.05, 3.63) is 29.3 Å². The van der Waals surface area contributed by atoms with Crippen molar-refractivity contribution in [2.24, 2.45) is 0 Å². The molecule has 6 nitrogen and oxygen atoms in total. The second kappa shape index (κ2) is 9.78. The number of ether oxygens (including phenoxy) is 2. The van der Waals surface area contributed by atoms with Crippen LogP contribution in [0.1, 0.15) is 37.3 Å². The molecule has 0 radical (unpaired) electrons. The van der Waals surface area contributed by atoms with Crippen LogP contribution in [0.2, 0.25) is 0 Å². The highest BCUT2D eigenvalue weighted by atomic mass is 16.5. The Morgan fingerprint density at radius 2 is 2.12 bits per heavy atom. The molecule has 0 atom stereocenters. The maximum atomic E-state index is 12.5. The number of hydrogen-bond acceptors (Lipinski definition) is 4. The van der Waals surface area contributed by atoms with Gasteiger partial charge in [-0.05, 0) is 57.0 Å². The number of nitrogens with one attached hydrogen (secondary N) is 1. The van der Waals surface area contributed by atoms with Crippen LogP contribution in [0.5, 0.6) is 5.75 Å². The van der Waals surface area contributed by atoms with Crippen molar-refractivity contribution in [3.63, 3.8) is 0 Å². The first-order chi connectivity index (χ1) is 12.8. The van der Waals surface area contributed by atoms with Crippen LogP contribution in [-0.4, -0.2) is 61.8 Å². The van der Waals surface area contributed by atoms with Crippen molar-refractivity contribution in [2.75, 3.05) is 46.0 Å². The van der Waals surface area contributed by atoms with Gasteiger partial charge in [0.2, 0.25) is 0 Å². The number of carbonyl (C=O) groups excluding carboxylic acids is 1. The first-order valence-electron chi connectivity index (χ1n) is 9.83. The predicted molar refractivity (Wildman–Crippen MR) is 101 cm³/mol. The number of urea groups is 1. The normalized spacial score (nSPS) is 17.5. The SMILES string of the molecule is CCOCCCNC(=O)N1CCOc2ccc(CN3CCCC3)cc2C1. The summed E-state index contributed by atoms with van der Waals surface area (Å²) >= 11 is 0. The predicted octanol–water partition coefficient (Wildman–Crippen LogP) is 2.61. The summed E-state index contributed by atoms with van der Waals surface area (Å²) in [4.78, 5) is 16.8. The first-order valence-corrected chi connectivity index (χ1v) is 9.83. The highest BCUT2D eigenvalue weighted by Crippen LogP contribution is 2.25. The van der Waals surface area contributed by atoms with Crippen LogP contribution >= 0.6 is 0 Å². The Hall–Kier alpha value is -1.79. The number of benzene rings is 1. The Morgan fingerprint density at radius 3 is 2.92 bits per heavy atom. The lowest BCUT2D eigenvalue weighted by atomic mass is 10.1. The lowest BCUT2D eigenvalue weighted by molar-refractivity contribution is 0.143. The minimum atomic E-state index is -0.0251. The Morgan fingerprint density at radius 1 is 1.27 bits per heavy atom. The minimum Gasteiger partial charge on any atom is -0.491 e. The fourth-order valence-electron chi connectivity index (χ4n) is 3.54. The van der Waals surface area contributed by atoms with E-state index < -0.39 is 0 Å². The number of fused-ring (bicyclic) bond motifs is 1. The van der Waals surface area contributed by atoms with Crippen LogP contribution in [0, 0.1) is 0 Å². The second-order valence-corrected chi connectivity index (χ2v) is 6.98. The van der Waals surface area contributed by atoms with Gasteiger partial charge < -0.3 is 19.7 Å². The zero-order chi connectivity index (χ0) is 18.2. The van der Waals surface area contributed by atoms with Gasteiger partial charge in [0.1, 0.15) is 12.4 Å². The van der Waals surface area contributed by atoms with Gasteiger partial charge in [-0.1, -0.05) is 6.07 Å². The Bertz CT molecular complexity index is 588. The molecule has 0 aliphatic carbocycles. The lowest BCUT2D eigenvalue weighted by Crippen LogP contribution is -2.41. The molecule has 1 aromatic rings. The van der Waals surface area contributed by atoms with Crippen LogP contribution in [0.3, 0.4) is 0 Å². The highest BCUT2D eigenvalue weighted by Gasteiger charge is 2.20. The summed E-state index contributed by atoms with van der Waals surface area (Å²) in [5, 5.41) is 2.99. The number of carbonyl (C=O) groups is 1. The maximum absolute atomic E-state index is 12.5. The van der Waals surface area contributed by atoms with Crippen molar-refractivity contribution in [1.29, 1.82) is 0 Å². The van der Waals surface area contributed by atoms with Gasteiger partial charge in [0.05, 0.1) is 13.1 Å². The molecule has 0 unspecified atom stereocenters. The summed E-state index contributed by atoms with van der Waals surface area (Å²) in [6.07, 6.45) is 3.43. The van der Waals surface area contributed by atoms with E-state index in [1.807, 2.05) is 11.8 Å². The molecule has 2 amide bonds. The Labute approximate surface area is 156 Å². The summed E-state index contributed by atoms with van der Waals surface area (Å²) in [5.41, 5.74) is 2.40. The average Bonchev–Trinajstić information content (AvgIpc) is 3.05. The largest absolute Gasteiger partial charge is 0.491 e. The van der Waals surface area contributed by atoms with E-state index in [9.17, 15) is 4.79 Å². The fraction of sp³-hybridized carbons (Fsp3) is 0.650. The number of likely N-dealkylation sites (tertiary alicyclic amines) is 1. The van der Waals surface area contributed by atoms with Crippen LogP contribution in [-0.2, 0) is 17.8 Å². The summed E-state index contributed by atoms with van der Waals surface area (Å²) in [6.45, 7) is 9.10. The third-order valence-corrected chi connectivity index (χ3v) is 4.94. The topological polar surface area (TPSA) is 54.0 Å². The molecular weight excluding hydrogens is 330 g/mol. The Kier molecular flexibility index (Phi) is 7.14. The smallest absolute Gasteiger partial charge is 0.317 e. The van der Waals surface area contributed by atoms with E-state index in [0.717, 1.165) is 24.3 Å². The molecule has 0 aromatic heterocycles. The minimum absolute atomic E-state index is 0.0251. The number of rotatable bonds is 7. The molecule has 26 heavy (non-hydrogen) atoms. The Balaban J connectivity index is 1.56. The zero-order valence-corrected chi connectivity index (χ0v) is 15.8. The van der Waals surface area contributed by atoms with Crippen molar-refractivity contribution >= 4 is 6.03 Å². The van der Waals surface area contributed by atoms with Crippen LogP contribution in [0.4, 0.5) is 4.79 Å². The van der Waals surface area contributed by atoms with Gasteiger partial charge in [-0.3, -0.25) is 4.90 Å². The summed E-state index contributed by atoms with van der Waals surface area (Å²) in [6, 6.07) is 6.39. The van der Waals surface area contributed by atoms with Gasteiger partial charge in [0, 0.05) is 31.9 Å². The van der Waals surface area contributed by atoms with E-state index in [0.29, 0.717) is 39.5 Å². The summed E-state index contributed by atoms with van der Waals surface area (Å²) in [7, 11) is 0. The summed E-state index contributed by atoms with van der Waals surface area (Å²) < 4.78 is 11.2. The van der Waals surface area contributed by atoms with E-state index in [1.54, 1.807) is 0 Å². The number of hydrogen-bond donors (Lipinski definition) is 1. The van der Waals surface area contributed by atoms with E-state index >= 15 is 0 Å². The molecule has 1 N–H and O–H groups in total. The van der Waals surface area contributed by atoms with Gasteiger partial charge in [-0.25, -0.2) is 4.79 Å². The molecule has 1 aromatic carbocycles. The van der Waals surface area contributed by atoms with Crippen molar-refractivity contribution in [1.82, 2.24) is 15.1 Å². The molecule has 144 valence electrons. The molecule has 2 aliphatic heterocycles. The molecule has 1 saturated heterocycles. The van der Waals surface area contributed by atoms with Gasteiger partial charge >= 0.3 is 6.03 Å². The molecule has 0 bridgehead atoms. The lowest BCUT2D eigenvalue weighted by Gasteiger charge is -2.21. The van der Waals surface area contributed by atoms with Gasteiger partial charge in [-0.15, -0.1) is 0 Å². The van der Waals surface area contributed by atoms with Crippen molar-refractivity contribution in [2.45, 2.75) is 39.3 Å². The van der Waals surface area contributed by atoms with E-state index in [-0.39, 0.29) is 6.03 Å². The third kappa shape index (κ3) is 5.35. The molecule has 2 heterocycles. The van der Waals surface area contributed by atoms with Crippen LogP contribution in [0.25, 0.3) is 0 Å². The monoisotopic (exact) mass is 361 g/mol. The second-order valence-electron chi connectivity index (χ2n) is 6.98. The highest BCUT2D eigenvalue weighted by molar-refractivity contribution is 5.74. The van der Waals surface area contributed by atoms with Crippen LogP contribution < -0.4 is 10.1 Å². The zero-order valence-electron chi connectivity index (χ0n) is 15.8. The van der Waals surface area contributed by atoms with Gasteiger partial charge in [-0.2, -0.15) is 0 Å². The molecule has 0 saturated carbocycles. The van der Waals surface area contributed by atoms with Crippen molar-refractivity contribution < 1.29 is 14.3 Å². The maximum Gasteiger partial charge on any atom is 0.317 e.